The van der Waals surface area contributed by atoms with Crippen LogP contribution < -0.4 is 5.32 Å². The molecule has 5 heteroatoms. The van der Waals surface area contributed by atoms with Crippen molar-refractivity contribution in [3.05, 3.63) is 36.5 Å². The van der Waals surface area contributed by atoms with Crippen molar-refractivity contribution in [2.45, 2.75) is 244 Å². The first kappa shape index (κ1) is 49.6. The van der Waals surface area contributed by atoms with Crippen molar-refractivity contribution in [2.24, 2.45) is 0 Å². The van der Waals surface area contributed by atoms with Crippen LogP contribution in [-0.2, 0) is 4.79 Å². The highest BCUT2D eigenvalue weighted by Gasteiger charge is 2.22. The average Bonchev–Trinajstić information content (AvgIpc) is 3.13. The molecule has 0 radical (unpaired) electrons. The number of nitrogens with one attached hydrogen (secondary N) is 1. The lowest BCUT2D eigenvalue weighted by molar-refractivity contribution is -0.131. The van der Waals surface area contributed by atoms with Gasteiger partial charge in [-0.2, -0.15) is 0 Å². The third-order valence-corrected chi connectivity index (χ3v) is 10.3. The molecule has 1 amide bonds. The maximum Gasteiger partial charge on any atom is 0.249 e. The van der Waals surface area contributed by atoms with Gasteiger partial charge in [0.05, 0.1) is 18.8 Å². The molecular weight excluding hydrogens is 631 g/mol. The summed E-state index contributed by atoms with van der Waals surface area (Å²) in [5.74, 6) is -0.507. The first-order chi connectivity index (χ1) is 25.1. The van der Waals surface area contributed by atoms with Crippen LogP contribution in [0.2, 0.25) is 0 Å². The average molecular weight is 718 g/mol. The fourth-order valence-corrected chi connectivity index (χ4v) is 6.70. The molecule has 0 aliphatic heterocycles. The SMILES string of the molecule is CCCCC/C=C\C=C/CCCCCCCCCCCC(O)C(=O)NC(CO)C(O)/C=C/CCCCCCCCCCCCCCCCCCC. The molecule has 0 aliphatic rings. The highest BCUT2D eigenvalue weighted by molar-refractivity contribution is 5.80. The molecule has 51 heavy (non-hydrogen) atoms. The Bertz CT molecular complexity index is 794. The molecule has 0 bridgehead atoms. The summed E-state index contributed by atoms with van der Waals surface area (Å²) in [6, 6.07) is -0.799. The lowest BCUT2D eigenvalue weighted by atomic mass is 10.0. The first-order valence-electron chi connectivity index (χ1n) is 22.3. The van der Waals surface area contributed by atoms with Crippen LogP contribution in [0.4, 0.5) is 0 Å². The van der Waals surface area contributed by atoms with Gasteiger partial charge in [0.2, 0.25) is 5.91 Å². The molecule has 0 fully saturated rings. The zero-order valence-electron chi connectivity index (χ0n) is 34.0. The molecule has 300 valence electrons. The quantitative estimate of drug-likeness (QED) is 0.0288. The predicted octanol–water partition coefficient (Wildman–Crippen LogP) is 12.8. The minimum absolute atomic E-state index is 0.365. The van der Waals surface area contributed by atoms with Crippen molar-refractivity contribution < 1.29 is 20.1 Å². The molecule has 0 aromatic heterocycles. The molecule has 0 saturated carbocycles. The van der Waals surface area contributed by atoms with Gasteiger partial charge in [0.25, 0.3) is 0 Å². The van der Waals surface area contributed by atoms with Crippen molar-refractivity contribution in [3.8, 4) is 0 Å². The Morgan fingerprint density at radius 3 is 1.24 bits per heavy atom. The highest BCUT2D eigenvalue weighted by atomic mass is 16.3. The first-order valence-corrected chi connectivity index (χ1v) is 22.3. The number of hydrogen-bond acceptors (Lipinski definition) is 4. The van der Waals surface area contributed by atoms with Crippen LogP contribution in [0, 0.1) is 0 Å². The van der Waals surface area contributed by atoms with Crippen molar-refractivity contribution in [2.75, 3.05) is 6.61 Å². The number of aliphatic hydroxyl groups excluding tert-OH is 3. The molecule has 0 aromatic rings. The van der Waals surface area contributed by atoms with Crippen molar-refractivity contribution >= 4 is 5.91 Å². The van der Waals surface area contributed by atoms with Crippen molar-refractivity contribution in [1.29, 1.82) is 0 Å². The Kier molecular flexibility index (Phi) is 40.2. The van der Waals surface area contributed by atoms with E-state index in [0.717, 1.165) is 32.1 Å². The Balaban J connectivity index is 3.68. The van der Waals surface area contributed by atoms with E-state index in [1.807, 2.05) is 6.08 Å². The van der Waals surface area contributed by atoms with E-state index in [1.165, 1.54) is 173 Å². The molecule has 4 N–H and O–H groups in total. The van der Waals surface area contributed by atoms with E-state index >= 15 is 0 Å². The van der Waals surface area contributed by atoms with Gasteiger partial charge in [0.15, 0.2) is 0 Å². The number of hydrogen-bond donors (Lipinski definition) is 4. The number of aliphatic hydroxyl groups is 3. The van der Waals surface area contributed by atoms with Gasteiger partial charge < -0.3 is 20.6 Å². The largest absolute Gasteiger partial charge is 0.394 e. The van der Waals surface area contributed by atoms with Crippen molar-refractivity contribution in [3.63, 3.8) is 0 Å². The third-order valence-electron chi connectivity index (χ3n) is 10.3. The molecule has 0 rings (SSSR count). The third kappa shape index (κ3) is 36.7. The number of allylic oxidation sites excluding steroid dienone is 5. The summed E-state index contributed by atoms with van der Waals surface area (Å²) in [5.41, 5.74) is 0. The zero-order valence-corrected chi connectivity index (χ0v) is 34.0. The van der Waals surface area contributed by atoms with Gasteiger partial charge in [0, 0.05) is 0 Å². The van der Waals surface area contributed by atoms with E-state index in [2.05, 4.69) is 43.5 Å². The Morgan fingerprint density at radius 1 is 0.490 bits per heavy atom. The van der Waals surface area contributed by atoms with E-state index < -0.39 is 24.2 Å². The van der Waals surface area contributed by atoms with E-state index in [1.54, 1.807) is 6.08 Å². The fourth-order valence-electron chi connectivity index (χ4n) is 6.70. The van der Waals surface area contributed by atoms with Gasteiger partial charge in [-0.15, -0.1) is 0 Å². The van der Waals surface area contributed by atoms with Crippen LogP contribution in [0.1, 0.15) is 226 Å². The molecule has 0 heterocycles. The number of amides is 1. The van der Waals surface area contributed by atoms with E-state index in [4.69, 9.17) is 0 Å². The number of carbonyl (C=O) groups is 1. The molecule has 0 aliphatic carbocycles. The zero-order chi connectivity index (χ0) is 37.3. The predicted molar refractivity (Wildman–Crippen MR) is 222 cm³/mol. The van der Waals surface area contributed by atoms with Gasteiger partial charge >= 0.3 is 0 Å². The monoisotopic (exact) mass is 718 g/mol. The molecule has 0 spiro atoms. The van der Waals surface area contributed by atoms with Gasteiger partial charge in [-0.3, -0.25) is 4.79 Å². The van der Waals surface area contributed by atoms with Crippen molar-refractivity contribution in [1.82, 2.24) is 5.32 Å². The maximum absolute atomic E-state index is 12.5. The smallest absolute Gasteiger partial charge is 0.249 e. The number of rotatable bonds is 40. The van der Waals surface area contributed by atoms with Gasteiger partial charge in [-0.1, -0.05) is 217 Å². The van der Waals surface area contributed by atoms with Gasteiger partial charge in [-0.05, 0) is 44.9 Å². The van der Waals surface area contributed by atoms with Crippen LogP contribution in [0.15, 0.2) is 36.5 Å². The molecule has 5 nitrogen and oxygen atoms in total. The Morgan fingerprint density at radius 2 is 0.824 bits per heavy atom. The second kappa shape index (κ2) is 41.3. The Hall–Kier alpha value is -1.43. The molecule has 3 unspecified atom stereocenters. The summed E-state index contributed by atoms with van der Waals surface area (Å²) >= 11 is 0. The summed E-state index contributed by atoms with van der Waals surface area (Å²) in [7, 11) is 0. The minimum Gasteiger partial charge on any atom is -0.394 e. The summed E-state index contributed by atoms with van der Waals surface area (Å²) < 4.78 is 0. The topological polar surface area (TPSA) is 89.8 Å². The molecule has 3 atom stereocenters. The van der Waals surface area contributed by atoms with Crippen LogP contribution >= 0.6 is 0 Å². The lowest BCUT2D eigenvalue weighted by Gasteiger charge is -2.21. The van der Waals surface area contributed by atoms with E-state index in [0.29, 0.717) is 6.42 Å². The maximum atomic E-state index is 12.5. The standard InChI is InChI=1S/C46H87NO4/c1-3-5-7-9-11-13-15-17-19-21-23-25-26-28-30-32-34-36-38-40-44(49)43(42-48)47-46(51)45(50)41-39-37-35-33-31-29-27-24-22-20-18-16-14-12-10-8-6-4-2/h12,14,16,18,38,40,43-45,48-50H,3-11,13,15,17,19-37,39,41-42H2,1-2H3,(H,47,51)/b14-12-,18-16-,40-38+. The van der Waals surface area contributed by atoms with Crippen LogP contribution in [0.3, 0.4) is 0 Å². The van der Waals surface area contributed by atoms with Gasteiger partial charge in [-0.25, -0.2) is 0 Å². The normalized spacial score (nSPS) is 13.9. The van der Waals surface area contributed by atoms with Crippen LogP contribution in [0.25, 0.3) is 0 Å². The summed E-state index contributed by atoms with van der Waals surface area (Å²) in [6.45, 7) is 4.16. The molecular formula is C46H87NO4. The fraction of sp³-hybridized carbons (Fsp3) is 0.848. The highest BCUT2D eigenvalue weighted by Crippen LogP contribution is 2.15. The summed E-state index contributed by atoms with van der Waals surface area (Å²) in [4.78, 5) is 12.5. The Labute approximate surface area is 317 Å². The molecule has 0 aromatic carbocycles. The molecule has 0 saturated heterocycles. The second-order valence-electron chi connectivity index (χ2n) is 15.3. The number of carbonyl (C=O) groups excluding carboxylic acids is 1. The van der Waals surface area contributed by atoms with E-state index in [9.17, 15) is 20.1 Å². The summed E-state index contributed by atoms with van der Waals surface area (Å²) in [6.07, 6.45) is 51.7. The second-order valence-corrected chi connectivity index (χ2v) is 15.3. The van der Waals surface area contributed by atoms with Crippen LogP contribution in [0.5, 0.6) is 0 Å². The van der Waals surface area contributed by atoms with Crippen LogP contribution in [-0.4, -0.2) is 46.1 Å². The van der Waals surface area contributed by atoms with E-state index in [-0.39, 0.29) is 6.61 Å². The van der Waals surface area contributed by atoms with Gasteiger partial charge in [0.1, 0.15) is 6.10 Å². The number of unbranched alkanes of at least 4 members (excludes halogenated alkanes) is 29. The lowest BCUT2D eigenvalue weighted by Crippen LogP contribution is -2.48. The summed E-state index contributed by atoms with van der Waals surface area (Å²) in [5, 5.41) is 33.2. The minimum atomic E-state index is -1.10.